The number of hydrogen-bond donors (Lipinski definition) is 2. The largest absolute Gasteiger partial charge is 0.385 e. The van der Waals surface area contributed by atoms with Crippen LogP contribution in [0, 0.1) is 0 Å². The molecule has 94 valence electrons. The number of nitrogens with one attached hydrogen (secondary N) is 1. The predicted octanol–water partition coefficient (Wildman–Crippen LogP) is -1.55. The van der Waals surface area contributed by atoms with Crippen molar-refractivity contribution in [3.63, 3.8) is 0 Å². The van der Waals surface area contributed by atoms with Crippen LogP contribution in [0.2, 0.25) is 0 Å². The Kier molecular flexibility index (Phi) is 3.30. The molecule has 1 fully saturated rings. The lowest BCUT2D eigenvalue weighted by Gasteiger charge is -2.30. The van der Waals surface area contributed by atoms with Crippen molar-refractivity contribution in [3.05, 3.63) is 26.9 Å². The monoisotopic (exact) mass is 240 g/mol. The molecule has 7 nitrogen and oxygen atoms in total. The van der Waals surface area contributed by atoms with E-state index in [2.05, 4.69) is 9.88 Å². The standard InChI is InChI=1S/C10H16N4O3/c1-13-2-3-17-7(5-13)6-14-8(11)4-9(15)12-10(14)16/h4,7H,2-3,5-6,11H2,1H3,(H,12,15,16). The van der Waals surface area contributed by atoms with Crippen LogP contribution < -0.4 is 17.0 Å². The third-order valence-electron chi connectivity index (χ3n) is 2.79. The van der Waals surface area contributed by atoms with Crippen molar-refractivity contribution in [3.8, 4) is 0 Å². The van der Waals surface area contributed by atoms with Crippen molar-refractivity contribution >= 4 is 5.82 Å². The minimum Gasteiger partial charge on any atom is -0.385 e. The number of nitrogen functional groups attached to an aromatic ring is 1. The van der Waals surface area contributed by atoms with Gasteiger partial charge in [0.2, 0.25) is 0 Å². The van der Waals surface area contributed by atoms with Gasteiger partial charge in [-0.15, -0.1) is 0 Å². The maximum atomic E-state index is 11.6. The molecule has 0 radical (unpaired) electrons. The van der Waals surface area contributed by atoms with Crippen LogP contribution in [0.15, 0.2) is 15.7 Å². The van der Waals surface area contributed by atoms with Crippen LogP contribution in [0.1, 0.15) is 0 Å². The zero-order chi connectivity index (χ0) is 12.4. The molecule has 0 saturated carbocycles. The number of rotatable bonds is 2. The van der Waals surface area contributed by atoms with Gasteiger partial charge in [-0.3, -0.25) is 14.3 Å². The summed E-state index contributed by atoms with van der Waals surface area (Å²) in [5, 5.41) is 0. The number of anilines is 1. The number of hydrogen-bond acceptors (Lipinski definition) is 5. The van der Waals surface area contributed by atoms with Crippen LogP contribution in [0.25, 0.3) is 0 Å². The minimum atomic E-state index is -0.494. The average molecular weight is 240 g/mol. The van der Waals surface area contributed by atoms with Crippen LogP contribution >= 0.6 is 0 Å². The molecule has 3 N–H and O–H groups in total. The molecule has 0 aromatic carbocycles. The number of likely N-dealkylation sites (N-methyl/N-ethyl adjacent to an activating group) is 1. The fourth-order valence-corrected chi connectivity index (χ4v) is 1.91. The first-order valence-electron chi connectivity index (χ1n) is 5.46. The maximum absolute atomic E-state index is 11.6. The number of nitrogens with zero attached hydrogens (tertiary/aromatic N) is 2. The summed E-state index contributed by atoms with van der Waals surface area (Å²) in [6, 6.07) is 1.20. The van der Waals surface area contributed by atoms with E-state index in [0.717, 1.165) is 13.1 Å². The summed E-state index contributed by atoms with van der Waals surface area (Å²) in [4.78, 5) is 26.9. The van der Waals surface area contributed by atoms with Crippen LogP contribution in [-0.4, -0.2) is 47.3 Å². The normalized spacial score (nSPS) is 21.6. The van der Waals surface area contributed by atoms with Gasteiger partial charge in [-0.2, -0.15) is 0 Å². The number of nitrogens with two attached hydrogens (primary N) is 1. The molecule has 0 aliphatic carbocycles. The minimum absolute atomic E-state index is 0.0837. The van der Waals surface area contributed by atoms with E-state index >= 15 is 0 Å². The number of H-pyrrole nitrogens is 1. The van der Waals surface area contributed by atoms with Crippen molar-refractivity contribution in [1.29, 1.82) is 0 Å². The van der Waals surface area contributed by atoms with E-state index in [0.29, 0.717) is 13.2 Å². The molecule has 1 aliphatic rings. The van der Waals surface area contributed by atoms with Crippen molar-refractivity contribution in [1.82, 2.24) is 14.5 Å². The lowest BCUT2D eigenvalue weighted by atomic mass is 10.3. The van der Waals surface area contributed by atoms with E-state index in [-0.39, 0.29) is 11.9 Å². The lowest BCUT2D eigenvalue weighted by Crippen LogP contribution is -2.44. The Morgan fingerprint density at radius 1 is 1.59 bits per heavy atom. The maximum Gasteiger partial charge on any atom is 0.329 e. The molecule has 2 heterocycles. The lowest BCUT2D eigenvalue weighted by molar-refractivity contribution is -0.0277. The first kappa shape index (κ1) is 11.9. The van der Waals surface area contributed by atoms with E-state index in [1.165, 1.54) is 10.6 Å². The summed E-state index contributed by atoms with van der Waals surface area (Å²) in [6.45, 7) is 2.61. The van der Waals surface area contributed by atoms with Crippen molar-refractivity contribution in [2.45, 2.75) is 12.6 Å². The van der Waals surface area contributed by atoms with Gasteiger partial charge >= 0.3 is 5.69 Å². The summed E-state index contributed by atoms with van der Waals surface area (Å²) in [5.41, 5.74) is 4.67. The molecule has 0 bridgehead atoms. The summed E-state index contributed by atoms with van der Waals surface area (Å²) in [7, 11) is 1.99. The summed E-state index contributed by atoms with van der Waals surface area (Å²) in [6.07, 6.45) is -0.0837. The first-order chi connectivity index (χ1) is 8.06. The van der Waals surface area contributed by atoms with Gasteiger partial charge in [0.05, 0.1) is 19.3 Å². The quantitative estimate of drug-likeness (QED) is 0.652. The Labute approximate surface area is 97.8 Å². The van der Waals surface area contributed by atoms with Crippen LogP contribution in [0.3, 0.4) is 0 Å². The zero-order valence-electron chi connectivity index (χ0n) is 9.68. The van der Waals surface area contributed by atoms with Gasteiger partial charge in [-0.1, -0.05) is 0 Å². The number of morpholine rings is 1. The Balaban J connectivity index is 2.18. The number of aromatic nitrogens is 2. The molecule has 1 unspecified atom stereocenters. The Morgan fingerprint density at radius 3 is 3.00 bits per heavy atom. The van der Waals surface area contributed by atoms with Gasteiger partial charge in [0.25, 0.3) is 5.56 Å². The van der Waals surface area contributed by atoms with Gasteiger partial charge in [-0.05, 0) is 7.05 Å². The molecule has 2 rings (SSSR count). The Bertz CT molecular complexity index is 507. The SMILES string of the molecule is CN1CCOC(Cn2c(N)cc(=O)[nH]c2=O)C1. The molecule has 1 aromatic rings. The fourth-order valence-electron chi connectivity index (χ4n) is 1.91. The highest BCUT2D eigenvalue weighted by Gasteiger charge is 2.19. The van der Waals surface area contributed by atoms with Gasteiger partial charge in [0.1, 0.15) is 5.82 Å². The molecular weight excluding hydrogens is 224 g/mol. The van der Waals surface area contributed by atoms with Gasteiger partial charge in [0, 0.05) is 19.2 Å². The summed E-state index contributed by atoms with van der Waals surface area (Å²) in [5.74, 6) is 0.163. The molecule has 17 heavy (non-hydrogen) atoms. The van der Waals surface area contributed by atoms with Gasteiger partial charge in [0.15, 0.2) is 0 Å². The highest BCUT2D eigenvalue weighted by Crippen LogP contribution is 2.06. The van der Waals surface area contributed by atoms with E-state index in [1.54, 1.807) is 0 Å². The van der Waals surface area contributed by atoms with Gasteiger partial charge < -0.3 is 15.4 Å². The van der Waals surface area contributed by atoms with Crippen molar-refractivity contribution < 1.29 is 4.74 Å². The van der Waals surface area contributed by atoms with Crippen LogP contribution in [-0.2, 0) is 11.3 Å². The van der Waals surface area contributed by atoms with E-state index in [4.69, 9.17) is 10.5 Å². The second-order valence-electron chi connectivity index (χ2n) is 4.23. The highest BCUT2D eigenvalue weighted by molar-refractivity contribution is 5.26. The number of aromatic amines is 1. The third-order valence-corrected chi connectivity index (χ3v) is 2.79. The van der Waals surface area contributed by atoms with E-state index in [9.17, 15) is 9.59 Å². The van der Waals surface area contributed by atoms with E-state index in [1.807, 2.05) is 7.05 Å². The van der Waals surface area contributed by atoms with E-state index < -0.39 is 11.2 Å². The number of ether oxygens (including phenoxy) is 1. The topological polar surface area (TPSA) is 93.3 Å². The van der Waals surface area contributed by atoms with Crippen molar-refractivity contribution in [2.75, 3.05) is 32.5 Å². The molecule has 1 atom stereocenters. The smallest absolute Gasteiger partial charge is 0.329 e. The fraction of sp³-hybridized carbons (Fsp3) is 0.600. The van der Waals surface area contributed by atoms with Crippen molar-refractivity contribution in [2.24, 2.45) is 0 Å². The second-order valence-corrected chi connectivity index (χ2v) is 4.23. The third kappa shape index (κ3) is 2.75. The average Bonchev–Trinajstić information content (AvgIpc) is 2.23. The highest BCUT2D eigenvalue weighted by atomic mass is 16.5. The molecular formula is C10H16N4O3. The summed E-state index contributed by atoms with van der Waals surface area (Å²) < 4.78 is 6.87. The molecule has 7 heteroatoms. The summed E-state index contributed by atoms with van der Waals surface area (Å²) >= 11 is 0. The Morgan fingerprint density at radius 2 is 2.35 bits per heavy atom. The second kappa shape index (κ2) is 4.72. The molecule has 1 saturated heterocycles. The molecule has 1 aromatic heterocycles. The molecule has 0 amide bonds. The van der Waals surface area contributed by atoms with Crippen LogP contribution in [0.4, 0.5) is 5.82 Å². The van der Waals surface area contributed by atoms with Gasteiger partial charge in [-0.25, -0.2) is 4.79 Å². The first-order valence-corrected chi connectivity index (χ1v) is 5.46. The van der Waals surface area contributed by atoms with Crippen LogP contribution in [0.5, 0.6) is 0 Å². The predicted molar refractivity (Wildman–Crippen MR) is 63.0 cm³/mol. The zero-order valence-corrected chi connectivity index (χ0v) is 9.68. The molecule has 0 spiro atoms. The Hall–Kier alpha value is -1.60. The molecule has 1 aliphatic heterocycles.